The van der Waals surface area contributed by atoms with Crippen LogP contribution in [0.15, 0.2) is 59.2 Å². The fourth-order valence-electron chi connectivity index (χ4n) is 2.54. The molecule has 0 radical (unpaired) electrons. The van der Waals surface area contributed by atoms with Crippen LogP contribution in [0.4, 0.5) is 10.1 Å². The molecule has 0 N–H and O–H groups in total. The van der Waals surface area contributed by atoms with Crippen LogP contribution in [0.2, 0.25) is 0 Å². The standard InChI is InChI=1S/C20H19FN2O2/c1-3-12-25-19-7-5-4-6-15(19)13-18-14(2)22-23(20(18)24)17-10-8-16(21)9-11-17/h4-11,13H,3,12H2,1-2H3/b18-13-. The van der Waals surface area contributed by atoms with Crippen molar-refractivity contribution in [2.24, 2.45) is 5.10 Å². The van der Waals surface area contributed by atoms with E-state index in [0.717, 1.165) is 17.7 Å². The number of hydrazone groups is 1. The predicted molar refractivity (Wildman–Crippen MR) is 97.2 cm³/mol. The number of carbonyl (C=O) groups is 1. The molecular formula is C20H19FN2O2. The minimum atomic E-state index is -0.353. The first kappa shape index (κ1) is 16.9. The summed E-state index contributed by atoms with van der Waals surface area (Å²) in [5, 5.41) is 5.60. The number of ether oxygens (including phenoxy) is 1. The number of halogens is 1. The van der Waals surface area contributed by atoms with Crippen LogP contribution in [0.1, 0.15) is 25.8 Å². The van der Waals surface area contributed by atoms with Gasteiger partial charge in [-0.25, -0.2) is 4.39 Å². The molecule has 0 aliphatic carbocycles. The molecule has 1 heterocycles. The Labute approximate surface area is 146 Å². The maximum Gasteiger partial charge on any atom is 0.280 e. The fraction of sp³-hybridized carbons (Fsp3) is 0.200. The molecule has 1 aliphatic rings. The molecule has 1 amide bonds. The Kier molecular flexibility index (Phi) is 4.93. The highest BCUT2D eigenvalue weighted by Crippen LogP contribution is 2.27. The summed E-state index contributed by atoms with van der Waals surface area (Å²) < 4.78 is 18.8. The third-order valence-electron chi connectivity index (χ3n) is 3.81. The summed E-state index contributed by atoms with van der Waals surface area (Å²) >= 11 is 0. The van der Waals surface area contributed by atoms with Crippen LogP contribution in [0.5, 0.6) is 5.75 Å². The molecule has 0 aromatic heterocycles. The van der Waals surface area contributed by atoms with Gasteiger partial charge in [-0.15, -0.1) is 0 Å². The summed E-state index contributed by atoms with van der Waals surface area (Å²) in [5.41, 5.74) is 2.47. The molecule has 0 spiro atoms. The highest BCUT2D eigenvalue weighted by molar-refractivity contribution is 6.32. The number of hydrogen-bond donors (Lipinski definition) is 0. The fourth-order valence-corrected chi connectivity index (χ4v) is 2.54. The van der Waals surface area contributed by atoms with Gasteiger partial charge in [0, 0.05) is 5.56 Å². The van der Waals surface area contributed by atoms with Gasteiger partial charge in [-0.2, -0.15) is 10.1 Å². The predicted octanol–water partition coefficient (Wildman–Crippen LogP) is 4.42. The van der Waals surface area contributed by atoms with Crippen molar-refractivity contribution >= 4 is 23.4 Å². The maximum atomic E-state index is 13.1. The van der Waals surface area contributed by atoms with Crippen LogP contribution in [-0.4, -0.2) is 18.2 Å². The van der Waals surface area contributed by atoms with E-state index in [1.165, 1.54) is 29.3 Å². The van der Waals surface area contributed by atoms with Gasteiger partial charge >= 0.3 is 0 Å². The molecule has 0 saturated heterocycles. The molecule has 0 atom stereocenters. The highest BCUT2D eigenvalue weighted by Gasteiger charge is 2.28. The monoisotopic (exact) mass is 338 g/mol. The van der Waals surface area contributed by atoms with Crippen molar-refractivity contribution in [3.8, 4) is 5.75 Å². The van der Waals surface area contributed by atoms with Crippen molar-refractivity contribution in [1.82, 2.24) is 0 Å². The Morgan fingerprint density at radius 2 is 1.88 bits per heavy atom. The van der Waals surface area contributed by atoms with Gasteiger partial charge in [0.05, 0.1) is 23.6 Å². The number of hydrogen-bond acceptors (Lipinski definition) is 3. The minimum absolute atomic E-state index is 0.241. The van der Waals surface area contributed by atoms with Crippen molar-refractivity contribution in [2.45, 2.75) is 20.3 Å². The van der Waals surface area contributed by atoms with E-state index >= 15 is 0 Å². The number of nitrogens with zero attached hydrogens (tertiary/aromatic N) is 2. The summed E-state index contributed by atoms with van der Waals surface area (Å²) in [7, 11) is 0. The largest absolute Gasteiger partial charge is 0.493 e. The molecule has 0 bridgehead atoms. The molecule has 0 unspecified atom stereocenters. The Hall–Kier alpha value is -2.95. The lowest BCUT2D eigenvalue weighted by atomic mass is 10.1. The highest BCUT2D eigenvalue weighted by atomic mass is 19.1. The van der Waals surface area contributed by atoms with E-state index in [-0.39, 0.29) is 11.7 Å². The molecule has 0 saturated carbocycles. The van der Waals surface area contributed by atoms with Crippen molar-refractivity contribution < 1.29 is 13.9 Å². The van der Waals surface area contributed by atoms with Crippen molar-refractivity contribution in [2.75, 3.05) is 11.6 Å². The SMILES string of the molecule is CCCOc1ccccc1/C=C1\C(=O)N(c2ccc(F)cc2)N=C1C. The minimum Gasteiger partial charge on any atom is -0.493 e. The van der Waals surface area contributed by atoms with E-state index in [9.17, 15) is 9.18 Å². The quantitative estimate of drug-likeness (QED) is 0.757. The molecule has 2 aromatic rings. The number of carbonyl (C=O) groups excluding carboxylic acids is 1. The van der Waals surface area contributed by atoms with E-state index < -0.39 is 0 Å². The van der Waals surface area contributed by atoms with Gasteiger partial charge in [-0.3, -0.25) is 4.79 Å². The Bertz CT molecular complexity index is 841. The van der Waals surface area contributed by atoms with Gasteiger partial charge in [0.25, 0.3) is 5.91 Å². The molecule has 1 aliphatic heterocycles. The first-order valence-corrected chi connectivity index (χ1v) is 8.19. The molecule has 4 nitrogen and oxygen atoms in total. The van der Waals surface area contributed by atoms with E-state index in [0.29, 0.717) is 23.6 Å². The Balaban J connectivity index is 1.91. The maximum absolute atomic E-state index is 13.1. The topological polar surface area (TPSA) is 41.9 Å². The first-order chi connectivity index (χ1) is 12.1. The lowest BCUT2D eigenvalue weighted by molar-refractivity contribution is -0.114. The van der Waals surface area contributed by atoms with Crippen molar-refractivity contribution in [3.63, 3.8) is 0 Å². The molecule has 25 heavy (non-hydrogen) atoms. The Morgan fingerprint density at radius 1 is 1.16 bits per heavy atom. The summed E-state index contributed by atoms with van der Waals surface area (Å²) in [6.07, 6.45) is 2.69. The molecule has 128 valence electrons. The molecule has 2 aromatic carbocycles. The lowest BCUT2D eigenvalue weighted by Crippen LogP contribution is -2.21. The van der Waals surface area contributed by atoms with Crippen molar-refractivity contribution in [3.05, 3.63) is 65.5 Å². The van der Waals surface area contributed by atoms with Crippen LogP contribution >= 0.6 is 0 Å². The second-order valence-electron chi connectivity index (χ2n) is 5.72. The molecule has 5 heteroatoms. The zero-order valence-electron chi connectivity index (χ0n) is 14.2. The zero-order valence-corrected chi connectivity index (χ0v) is 14.2. The van der Waals surface area contributed by atoms with Gasteiger partial charge in [0.1, 0.15) is 11.6 Å². The summed E-state index contributed by atoms with van der Waals surface area (Å²) in [6.45, 7) is 4.44. The van der Waals surface area contributed by atoms with Gasteiger partial charge in [-0.1, -0.05) is 25.1 Å². The number of benzene rings is 2. The van der Waals surface area contributed by atoms with E-state index in [4.69, 9.17) is 4.74 Å². The molecular weight excluding hydrogens is 319 g/mol. The van der Waals surface area contributed by atoms with Gasteiger partial charge in [0.15, 0.2) is 0 Å². The number of para-hydroxylation sites is 1. The van der Waals surface area contributed by atoms with E-state index in [1.807, 2.05) is 31.2 Å². The molecule has 3 rings (SSSR count). The van der Waals surface area contributed by atoms with Gasteiger partial charge < -0.3 is 4.74 Å². The van der Waals surface area contributed by atoms with Gasteiger partial charge in [0.2, 0.25) is 0 Å². The summed E-state index contributed by atoms with van der Waals surface area (Å²) in [6, 6.07) is 13.3. The van der Waals surface area contributed by atoms with Gasteiger partial charge in [-0.05, 0) is 49.8 Å². The number of anilines is 1. The van der Waals surface area contributed by atoms with Crippen LogP contribution in [0.25, 0.3) is 6.08 Å². The van der Waals surface area contributed by atoms with Crippen LogP contribution in [0, 0.1) is 5.82 Å². The summed E-state index contributed by atoms with van der Waals surface area (Å²) in [5.74, 6) is 0.140. The number of rotatable bonds is 5. The van der Waals surface area contributed by atoms with Crippen LogP contribution < -0.4 is 9.75 Å². The average molecular weight is 338 g/mol. The third-order valence-corrected chi connectivity index (χ3v) is 3.81. The summed E-state index contributed by atoms with van der Waals surface area (Å²) in [4.78, 5) is 12.7. The zero-order chi connectivity index (χ0) is 17.8. The second-order valence-corrected chi connectivity index (χ2v) is 5.72. The first-order valence-electron chi connectivity index (χ1n) is 8.19. The lowest BCUT2D eigenvalue weighted by Gasteiger charge is -2.12. The van der Waals surface area contributed by atoms with E-state index in [1.54, 1.807) is 13.0 Å². The second kappa shape index (κ2) is 7.30. The third kappa shape index (κ3) is 3.60. The van der Waals surface area contributed by atoms with Crippen molar-refractivity contribution in [1.29, 1.82) is 0 Å². The molecule has 0 fully saturated rings. The van der Waals surface area contributed by atoms with E-state index in [2.05, 4.69) is 5.10 Å². The normalized spacial score (nSPS) is 15.6. The smallest absolute Gasteiger partial charge is 0.280 e. The van der Waals surface area contributed by atoms with Crippen LogP contribution in [0.3, 0.4) is 0 Å². The average Bonchev–Trinajstić information content (AvgIpc) is 2.90. The number of amides is 1. The Morgan fingerprint density at radius 3 is 2.60 bits per heavy atom. The van der Waals surface area contributed by atoms with Crippen LogP contribution in [-0.2, 0) is 4.79 Å².